The Hall–Kier alpha value is -3.08. The normalized spacial score (nSPS) is 13.8. The van der Waals surface area contributed by atoms with Gasteiger partial charge in [-0.15, -0.1) is 0 Å². The van der Waals surface area contributed by atoms with Crippen LogP contribution in [0.1, 0.15) is 31.8 Å². The second kappa shape index (κ2) is 8.34. The number of allylic oxidation sites excluding steroid dienone is 1. The van der Waals surface area contributed by atoms with E-state index in [9.17, 15) is 9.59 Å². The van der Waals surface area contributed by atoms with Crippen molar-refractivity contribution in [3.05, 3.63) is 98.7 Å². The number of fused-ring (bicyclic) bond motifs is 1. The van der Waals surface area contributed by atoms with Crippen molar-refractivity contribution >= 4 is 40.8 Å². The van der Waals surface area contributed by atoms with Crippen LogP contribution < -0.4 is 9.47 Å². The highest BCUT2D eigenvalue weighted by Crippen LogP contribution is 2.37. The second-order valence-corrected chi connectivity index (χ2v) is 7.70. The number of hydrogen-bond donors (Lipinski definition) is 0. The first-order valence-electron chi connectivity index (χ1n) is 9.17. The number of ether oxygens (including phenoxy) is 2. The largest absolute Gasteiger partial charge is 0.485 e. The summed E-state index contributed by atoms with van der Waals surface area (Å²) in [6, 6.07) is 17.1. The lowest BCUT2D eigenvalue weighted by molar-refractivity contribution is 0.0920. The van der Waals surface area contributed by atoms with E-state index in [2.05, 4.69) is 0 Å². The highest BCUT2D eigenvalue weighted by molar-refractivity contribution is 6.31. The summed E-state index contributed by atoms with van der Waals surface area (Å²) in [7, 11) is 0. The Morgan fingerprint density at radius 1 is 1.03 bits per heavy atom. The molecular weight excluding hydrogens is 423 g/mol. The second-order valence-electron chi connectivity index (χ2n) is 6.83. The molecule has 0 amide bonds. The maximum atomic E-state index is 12.8. The van der Waals surface area contributed by atoms with Crippen molar-refractivity contribution in [1.29, 1.82) is 0 Å². The minimum absolute atomic E-state index is 0.140. The number of hydrogen-bond acceptors (Lipinski definition) is 4. The standard InChI is InChI=1S/C24H16Cl2O4/c1-14-9-19(29-13-20(27)16-5-7-17(25)8-6-16)12-21-23(14)24(28)22(30-21)11-15-3-2-4-18(26)10-15/h2-12H,13H2,1H3/b22-11-. The number of benzene rings is 3. The topological polar surface area (TPSA) is 52.6 Å². The van der Waals surface area contributed by atoms with Crippen molar-refractivity contribution in [3.63, 3.8) is 0 Å². The van der Waals surface area contributed by atoms with Crippen molar-refractivity contribution < 1.29 is 19.1 Å². The molecule has 4 rings (SSSR count). The van der Waals surface area contributed by atoms with Crippen molar-refractivity contribution in [3.8, 4) is 11.5 Å². The first-order chi connectivity index (χ1) is 14.4. The molecule has 0 unspecified atom stereocenters. The molecule has 4 nitrogen and oxygen atoms in total. The highest BCUT2D eigenvalue weighted by Gasteiger charge is 2.30. The Morgan fingerprint density at radius 2 is 1.80 bits per heavy atom. The first-order valence-corrected chi connectivity index (χ1v) is 9.92. The zero-order valence-electron chi connectivity index (χ0n) is 15.9. The number of ketones is 2. The van der Waals surface area contributed by atoms with E-state index in [1.54, 1.807) is 67.6 Å². The maximum Gasteiger partial charge on any atom is 0.232 e. The zero-order valence-corrected chi connectivity index (χ0v) is 17.5. The van der Waals surface area contributed by atoms with Crippen LogP contribution in [0.2, 0.25) is 10.0 Å². The summed E-state index contributed by atoms with van der Waals surface area (Å²) in [4.78, 5) is 25.1. The number of aryl methyl sites for hydroxylation is 1. The molecule has 150 valence electrons. The van der Waals surface area contributed by atoms with Crippen LogP contribution >= 0.6 is 23.2 Å². The summed E-state index contributed by atoms with van der Waals surface area (Å²) < 4.78 is 11.4. The average molecular weight is 439 g/mol. The summed E-state index contributed by atoms with van der Waals surface area (Å²) >= 11 is 11.9. The van der Waals surface area contributed by atoms with Gasteiger partial charge in [-0.05, 0) is 66.6 Å². The van der Waals surface area contributed by atoms with E-state index >= 15 is 0 Å². The van der Waals surface area contributed by atoms with E-state index < -0.39 is 0 Å². The number of rotatable bonds is 5. The Balaban J connectivity index is 1.52. The molecule has 0 aromatic heterocycles. The van der Waals surface area contributed by atoms with Crippen molar-refractivity contribution in [2.75, 3.05) is 6.61 Å². The number of halogens is 2. The fourth-order valence-electron chi connectivity index (χ4n) is 3.18. The van der Waals surface area contributed by atoms with E-state index in [1.807, 2.05) is 6.07 Å². The molecule has 0 spiro atoms. The molecule has 6 heteroatoms. The molecule has 3 aromatic rings. The lowest BCUT2D eigenvalue weighted by Gasteiger charge is -2.09. The smallest absolute Gasteiger partial charge is 0.232 e. The Bertz CT molecular complexity index is 1180. The van der Waals surface area contributed by atoms with Gasteiger partial charge in [0, 0.05) is 21.7 Å². The molecule has 0 saturated heterocycles. The van der Waals surface area contributed by atoms with Gasteiger partial charge < -0.3 is 9.47 Å². The van der Waals surface area contributed by atoms with Crippen LogP contribution in [-0.4, -0.2) is 18.2 Å². The van der Waals surface area contributed by atoms with Crippen molar-refractivity contribution in [1.82, 2.24) is 0 Å². The van der Waals surface area contributed by atoms with Crippen molar-refractivity contribution in [2.24, 2.45) is 0 Å². The van der Waals surface area contributed by atoms with Gasteiger partial charge in [0.05, 0.1) is 5.56 Å². The molecule has 1 heterocycles. The van der Waals surface area contributed by atoms with Gasteiger partial charge in [0.2, 0.25) is 5.78 Å². The van der Waals surface area contributed by atoms with Crippen LogP contribution in [0.4, 0.5) is 0 Å². The minimum Gasteiger partial charge on any atom is -0.485 e. The third-order valence-corrected chi connectivity index (χ3v) is 5.11. The summed E-state index contributed by atoms with van der Waals surface area (Å²) in [6.45, 7) is 1.66. The van der Waals surface area contributed by atoms with Gasteiger partial charge >= 0.3 is 0 Å². The highest BCUT2D eigenvalue weighted by atomic mass is 35.5. The molecule has 0 radical (unpaired) electrons. The third-order valence-electron chi connectivity index (χ3n) is 4.63. The van der Waals surface area contributed by atoms with Crippen LogP contribution in [0.25, 0.3) is 6.08 Å². The summed E-state index contributed by atoms with van der Waals surface area (Å²) in [5, 5.41) is 1.13. The maximum absolute atomic E-state index is 12.8. The Kier molecular flexibility index (Phi) is 5.62. The van der Waals surface area contributed by atoms with Gasteiger partial charge in [-0.3, -0.25) is 9.59 Å². The molecule has 3 aromatic carbocycles. The van der Waals surface area contributed by atoms with E-state index in [0.717, 1.165) is 5.56 Å². The third kappa shape index (κ3) is 4.25. The molecule has 0 atom stereocenters. The molecule has 0 bridgehead atoms. The molecule has 0 aliphatic carbocycles. The molecular formula is C24H16Cl2O4. The number of Topliss-reactive ketones (excluding diaryl/α,β-unsaturated/α-hetero) is 2. The number of carbonyl (C=O) groups excluding carboxylic acids is 2. The summed E-state index contributed by atoms with van der Waals surface area (Å²) in [6.07, 6.45) is 1.65. The van der Waals surface area contributed by atoms with Crippen LogP contribution in [0.15, 0.2) is 66.4 Å². The first kappa shape index (κ1) is 20.2. The fraction of sp³-hybridized carbons (Fsp3) is 0.0833. The van der Waals surface area contributed by atoms with Crippen LogP contribution in [0, 0.1) is 6.92 Å². The SMILES string of the molecule is Cc1cc(OCC(=O)c2ccc(Cl)cc2)cc2c1C(=O)/C(=C/c1cccc(Cl)c1)O2. The molecule has 0 fully saturated rings. The quantitative estimate of drug-likeness (QED) is 0.352. The molecule has 30 heavy (non-hydrogen) atoms. The van der Waals surface area contributed by atoms with Gasteiger partial charge in [0.25, 0.3) is 0 Å². The predicted molar refractivity (Wildman–Crippen MR) is 117 cm³/mol. The molecule has 0 N–H and O–H groups in total. The van der Waals surface area contributed by atoms with E-state index in [1.165, 1.54) is 0 Å². The predicted octanol–water partition coefficient (Wildman–Crippen LogP) is 6.18. The van der Waals surface area contributed by atoms with Gasteiger partial charge in [-0.1, -0.05) is 35.3 Å². The lowest BCUT2D eigenvalue weighted by atomic mass is 10.0. The van der Waals surface area contributed by atoms with E-state index in [4.69, 9.17) is 32.7 Å². The minimum atomic E-state index is -0.203. The zero-order chi connectivity index (χ0) is 21.3. The van der Waals surface area contributed by atoms with Crippen LogP contribution in [-0.2, 0) is 0 Å². The Labute approximate surface area is 183 Å². The monoisotopic (exact) mass is 438 g/mol. The van der Waals surface area contributed by atoms with Crippen molar-refractivity contribution in [2.45, 2.75) is 6.92 Å². The molecule has 1 aliphatic rings. The van der Waals surface area contributed by atoms with Gasteiger partial charge in [-0.2, -0.15) is 0 Å². The van der Waals surface area contributed by atoms with Gasteiger partial charge in [-0.25, -0.2) is 0 Å². The van der Waals surface area contributed by atoms with Gasteiger partial charge in [0.15, 0.2) is 18.1 Å². The fourth-order valence-corrected chi connectivity index (χ4v) is 3.50. The average Bonchev–Trinajstić information content (AvgIpc) is 3.02. The van der Waals surface area contributed by atoms with E-state index in [0.29, 0.717) is 38.2 Å². The lowest BCUT2D eigenvalue weighted by Crippen LogP contribution is -2.11. The van der Waals surface area contributed by atoms with Gasteiger partial charge in [0.1, 0.15) is 11.5 Å². The number of carbonyl (C=O) groups is 2. The Morgan fingerprint density at radius 3 is 2.53 bits per heavy atom. The van der Waals surface area contributed by atoms with Crippen LogP contribution in [0.5, 0.6) is 11.5 Å². The molecule has 0 saturated carbocycles. The molecule has 1 aliphatic heterocycles. The van der Waals surface area contributed by atoms with E-state index in [-0.39, 0.29) is 23.9 Å². The van der Waals surface area contributed by atoms with Crippen LogP contribution in [0.3, 0.4) is 0 Å². The summed E-state index contributed by atoms with van der Waals surface area (Å²) in [5.74, 6) is 0.687. The summed E-state index contributed by atoms with van der Waals surface area (Å²) in [5.41, 5.74) is 2.47.